The van der Waals surface area contributed by atoms with Crippen molar-refractivity contribution in [3.63, 3.8) is 0 Å². The Morgan fingerprint density at radius 2 is 1.57 bits per heavy atom. The molecule has 0 amide bonds. The molecule has 1 aliphatic carbocycles. The molecule has 0 nitrogen and oxygen atoms in total. The average Bonchev–Trinajstić information content (AvgIpc) is 2.41. The van der Waals surface area contributed by atoms with E-state index in [0.717, 1.165) is 10.5 Å². The van der Waals surface area contributed by atoms with E-state index in [1.165, 1.54) is 0 Å². The third-order valence-electron chi connectivity index (χ3n) is 1.27. The van der Waals surface area contributed by atoms with Crippen molar-refractivity contribution in [1.29, 1.82) is 0 Å². The van der Waals surface area contributed by atoms with Gasteiger partial charge < -0.3 is 0 Å². The first-order chi connectivity index (χ1) is 3.47. The van der Waals surface area contributed by atoms with E-state index < -0.39 is 0 Å². The zero-order valence-corrected chi connectivity index (χ0v) is 4.69. The number of hydrogen-bond acceptors (Lipinski definition) is 1. The molecule has 0 aromatic heterocycles. The Morgan fingerprint density at radius 3 is 2.00 bits per heavy atom. The first kappa shape index (κ1) is 3.79. The minimum Gasteiger partial charge on any atom is -0.144 e. The first-order valence-corrected chi connectivity index (χ1v) is 3.41. The maximum Gasteiger partial charge on any atom is 0.0391 e. The van der Waals surface area contributed by atoms with E-state index >= 15 is 0 Å². The Hall–Kier alpha value is -0.170. The smallest absolute Gasteiger partial charge is 0.0391 e. The van der Waals surface area contributed by atoms with Gasteiger partial charge in [-0.25, -0.2) is 0 Å². The van der Waals surface area contributed by atoms with Gasteiger partial charge in [0.2, 0.25) is 0 Å². The van der Waals surface area contributed by atoms with Gasteiger partial charge in [0.15, 0.2) is 0 Å². The highest BCUT2D eigenvalue weighted by Crippen LogP contribution is 2.44. The van der Waals surface area contributed by atoms with Crippen LogP contribution in [0.3, 0.4) is 0 Å². The molecule has 0 saturated carbocycles. The van der Waals surface area contributed by atoms with Crippen molar-refractivity contribution >= 4 is 11.8 Å². The summed E-state index contributed by atoms with van der Waals surface area (Å²) < 4.78 is 0. The van der Waals surface area contributed by atoms with Crippen molar-refractivity contribution in [3.8, 4) is 0 Å². The van der Waals surface area contributed by atoms with Crippen LogP contribution in [0.4, 0.5) is 0 Å². The summed E-state index contributed by atoms with van der Waals surface area (Å²) in [6.07, 6.45) is 8.77. The molecule has 1 fully saturated rings. The molecule has 0 N–H and O–H groups in total. The highest BCUT2D eigenvalue weighted by atomic mass is 32.2. The molecule has 0 aromatic carbocycles. The van der Waals surface area contributed by atoms with Gasteiger partial charge in [0.1, 0.15) is 0 Å². The molecule has 0 spiro atoms. The molecule has 0 aromatic rings. The minimum absolute atomic E-state index is 0.852. The van der Waals surface area contributed by atoms with Crippen LogP contribution in [-0.4, -0.2) is 10.5 Å². The van der Waals surface area contributed by atoms with Gasteiger partial charge in [-0.15, -0.1) is 11.8 Å². The molecule has 2 aliphatic rings. The normalized spacial score (nSPS) is 43.4. The Balaban J connectivity index is 2.28. The maximum atomic E-state index is 2.26. The number of rotatable bonds is 0. The topological polar surface area (TPSA) is 0 Å². The standard InChI is InChI=1S/C6H6S/c1-2-4-6-5(3-1)7-6/h1-6H. The average molecular weight is 110 g/mol. The van der Waals surface area contributed by atoms with Crippen molar-refractivity contribution in [2.24, 2.45) is 0 Å². The molecular weight excluding hydrogens is 104 g/mol. The van der Waals surface area contributed by atoms with Gasteiger partial charge in [0.25, 0.3) is 0 Å². The lowest BCUT2D eigenvalue weighted by atomic mass is 10.2. The summed E-state index contributed by atoms with van der Waals surface area (Å²) in [5, 5.41) is 1.70. The molecule has 1 heteroatoms. The lowest BCUT2D eigenvalue weighted by Gasteiger charge is -1.84. The van der Waals surface area contributed by atoms with Crippen LogP contribution in [0.5, 0.6) is 0 Å². The molecule has 2 atom stereocenters. The van der Waals surface area contributed by atoms with Crippen LogP contribution in [0.25, 0.3) is 0 Å². The minimum atomic E-state index is 0.852. The molecule has 1 saturated heterocycles. The third kappa shape index (κ3) is 0.520. The number of thioether (sulfide) groups is 1. The van der Waals surface area contributed by atoms with E-state index in [4.69, 9.17) is 0 Å². The van der Waals surface area contributed by atoms with Crippen LogP contribution in [0.2, 0.25) is 0 Å². The Labute approximate surface area is 47.3 Å². The van der Waals surface area contributed by atoms with Crippen LogP contribution in [0, 0.1) is 0 Å². The van der Waals surface area contributed by atoms with Crippen molar-refractivity contribution in [1.82, 2.24) is 0 Å². The predicted octanol–water partition coefficient (Wildman–Crippen LogP) is 1.60. The molecule has 1 heterocycles. The summed E-state index contributed by atoms with van der Waals surface area (Å²) >= 11 is 2.03. The van der Waals surface area contributed by atoms with E-state index in [2.05, 4.69) is 24.3 Å². The molecule has 0 bridgehead atoms. The van der Waals surface area contributed by atoms with Gasteiger partial charge in [-0.05, 0) is 0 Å². The van der Waals surface area contributed by atoms with Crippen molar-refractivity contribution in [3.05, 3.63) is 24.3 Å². The number of hydrogen-bond donors (Lipinski definition) is 0. The van der Waals surface area contributed by atoms with Crippen molar-refractivity contribution in [2.45, 2.75) is 10.5 Å². The lowest BCUT2D eigenvalue weighted by molar-refractivity contribution is 1.21. The highest BCUT2D eigenvalue weighted by Gasteiger charge is 2.34. The third-order valence-corrected chi connectivity index (χ3v) is 2.49. The van der Waals surface area contributed by atoms with Crippen LogP contribution in [0.1, 0.15) is 0 Å². The van der Waals surface area contributed by atoms with Gasteiger partial charge in [-0.1, -0.05) is 24.3 Å². The molecule has 1 aliphatic heterocycles. The molecular formula is C6H6S. The van der Waals surface area contributed by atoms with Crippen molar-refractivity contribution in [2.75, 3.05) is 0 Å². The largest absolute Gasteiger partial charge is 0.144 e. The van der Waals surface area contributed by atoms with E-state index in [9.17, 15) is 0 Å². The second kappa shape index (κ2) is 1.16. The summed E-state index contributed by atoms with van der Waals surface area (Å²) in [5.41, 5.74) is 0. The Bertz CT molecular complexity index is 119. The van der Waals surface area contributed by atoms with Gasteiger partial charge in [-0.2, -0.15) is 0 Å². The van der Waals surface area contributed by atoms with Crippen LogP contribution >= 0.6 is 11.8 Å². The number of fused-ring (bicyclic) bond motifs is 1. The summed E-state index contributed by atoms with van der Waals surface area (Å²) in [4.78, 5) is 0. The Morgan fingerprint density at radius 1 is 1.00 bits per heavy atom. The monoisotopic (exact) mass is 110 g/mol. The summed E-state index contributed by atoms with van der Waals surface area (Å²) in [5.74, 6) is 0. The zero-order valence-electron chi connectivity index (χ0n) is 3.87. The van der Waals surface area contributed by atoms with E-state index in [1.54, 1.807) is 0 Å². The van der Waals surface area contributed by atoms with E-state index in [-0.39, 0.29) is 0 Å². The van der Waals surface area contributed by atoms with Crippen LogP contribution < -0.4 is 0 Å². The summed E-state index contributed by atoms with van der Waals surface area (Å²) in [6, 6.07) is 0. The summed E-state index contributed by atoms with van der Waals surface area (Å²) in [6.45, 7) is 0. The van der Waals surface area contributed by atoms with E-state index in [0.29, 0.717) is 0 Å². The Kier molecular flexibility index (Phi) is 0.627. The molecule has 0 radical (unpaired) electrons. The quantitative estimate of drug-likeness (QED) is 0.427. The highest BCUT2D eigenvalue weighted by molar-refractivity contribution is 8.08. The van der Waals surface area contributed by atoms with Gasteiger partial charge >= 0.3 is 0 Å². The fourth-order valence-electron chi connectivity index (χ4n) is 0.793. The van der Waals surface area contributed by atoms with Gasteiger partial charge in [-0.3, -0.25) is 0 Å². The fraction of sp³-hybridized carbons (Fsp3) is 0.333. The molecule has 2 rings (SSSR count). The first-order valence-electron chi connectivity index (χ1n) is 2.47. The summed E-state index contributed by atoms with van der Waals surface area (Å²) in [7, 11) is 0. The predicted molar refractivity (Wildman–Crippen MR) is 33.4 cm³/mol. The van der Waals surface area contributed by atoms with Gasteiger partial charge in [0.05, 0.1) is 0 Å². The van der Waals surface area contributed by atoms with Crippen LogP contribution in [0.15, 0.2) is 24.3 Å². The fourth-order valence-corrected chi connectivity index (χ4v) is 1.61. The second-order valence-corrected chi connectivity index (χ2v) is 3.20. The maximum absolute atomic E-state index is 2.26. The lowest BCUT2D eigenvalue weighted by Crippen LogP contribution is -1.86. The molecule has 2 unspecified atom stereocenters. The van der Waals surface area contributed by atoms with Crippen LogP contribution in [-0.2, 0) is 0 Å². The SMILES string of the molecule is C1=CC2SC2C=C1. The number of allylic oxidation sites excluding steroid dienone is 2. The van der Waals surface area contributed by atoms with E-state index in [1.807, 2.05) is 11.8 Å². The van der Waals surface area contributed by atoms with Crippen molar-refractivity contribution < 1.29 is 0 Å². The second-order valence-electron chi connectivity index (χ2n) is 1.84. The van der Waals surface area contributed by atoms with Gasteiger partial charge in [0, 0.05) is 10.5 Å². The molecule has 7 heavy (non-hydrogen) atoms. The molecule has 36 valence electrons. The zero-order chi connectivity index (χ0) is 4.69.